The zero-order chi connectivity index (χ0) is 25.7. The van der Waals surface area contributed by atoms with Gasteiger partial charge in [0.15, 0.2) is 11.5 Å². The van der Waals surface area contributed by atoms with Crippen LogP contribution >= 0.6 is 31.9 Å². The molecule has 0 bridgehead atoms. The first kappa shape index (κ1) is 25.5. The lowest BCUT2D eigenvalue weighted by molar-refractivity contribution is -0.123. The summed E-state index contributed by atoms with van der Waals surface area (Å²) in [5.74, 6) is 0.535. The summed E-state index contributed by atoms with van der Waals surface area (Å²) in [6, 6.07) is 19.8. The Morgan fingerprint density at radius 2 is 1.81 bits per heavy atom. The van der Waals surface area contributed by atoms with E-state index in [1.54, 1.807) is 30.3 Å². The van der Waals surface area contributed by atoms with Crippen LogP contribution in [0.4, 0.5) is 4.79 Å². The molecular formula is C27H21Br2N3O4. The summed E-state index contributed by atoms with van der Waals surface area (Å²) in [5, 5.41) is 12.0. The van der Waals surface area contributed by atoms with Crippen LogP contribution in [0.3, 0.4) is 0 Å². The van der Waals surface area contributed by atoms with Crippen LogP contribution in [0.15, 0.2) is 75.3 Å². The molecule has 1 aliphatic heterocycles. The molecule has 0 aromatic heterocycles. The number of carbonyl (C=O) groups is 2. The van der Waals surface area contributed by atoms with E-state index in [0.717, 1.165) is 20.5 Å². The van der Waals surface area contributed by atoms with Crippen molar-refractivity contribution in [1.29, 1.82) is 5.26 Å². The third-order valence-electron chi connectivity index (χ3n) is 5.37. The molecule has 1 fully saturated rings. The minimum atomic E-state index is -0.477. The molecule has 182 valence electrons. The highest BCUT2D eigenvalue weighted by atomic mass is 79.9. The summed E-state index contributed by atoms with van der Waals surface area (Å²) in [6.45, 7) is 2.60. The molecule has 3 aromatic carbocycles. The second-order valence-corrected chi connectivity index (χ2v) is 9.60. The molecule has 3 amide bonds. The number of amides is 3. The fraction of sp³-hybridized carbons (Fsp3) is 0.148. The smallest absolute Gasteiger partial charge is 0.329 e. The second-order valence-electron chi connectivity index (χ2n) is 7.83. The standard InChI is InChI=1S/C27H21Br2N3O4/c1-2-35-24-13-18(11-22(29)25(24)36-16-20-6-4-3-5-19(20)14-30)12-23-26(33)32(27(34)31-23)15-17-7-9-21(28)10-8-17/h3-13H,2,15-16H2,1H3,(H,31,34). The summed E-state index contributed by atoms with van der Waals surface area (Å²) in [5.41, 5.74) is 2.94. The number of halogens is 2. The number of ether oxygens (including phenoxy) is 2. The van der Waals surface area contributed by atoms with Crippen molar-refractivity contribution in [2.75, 3.05) is 6.61 Å². The minimum absolute atomic E-state index is 0.167. The molecule has 0 atom stereocenters. The van der Waals surface area contributed by atoms with E-state index in [2.05, 4.69) is 43.2 Å². The number of hydrogen-bond donors (Lipinski definition) is 1. The van der Waals surface area contributed by atoms with Crippen molar-refractivity contribution in [3.8, 4) is 17.6 Å². The van der Waals surface area contributed by atoms with Crippen LogP contribution in [0, 0.1) is 11.3 Å². The van der Waals surface area contributed by atoms with Gasteiger partial charge in [0.2, 0.25) is 0 Å². The molecular weight excluding hydrogens is 590 g/mol. The number of benzene rings is 3. The topological polar surface area (TPSA) is 91.7 Å². The molecule has 4 rings (SSSR count). The van der Waals surface area contributed by atoms with E-state index in [9.17, 15) is 14.9 Å². The first-order chi connectivity index (χ1) is 17.4. The number of rotatable bonds is 8. The average molecular weight is 611 g/mol. The molecule has 1 aliphatic rings. The van der Waals surface area contributed by atoms with Gasteiger partial charge in [-0.15, -0.1) is 0 Å². The van der Waals surface area contributed by atoms with Crippen molar-refractivity contribution in [2.45, 2.75) is 20.1 Å². The first-order valence-electron chi connectivity index (χ1n) is 11.1. The maximum Gasteiger partial charge on any atom is 0.329 e. The highest BCUT2D eigenvalue weighted by Crippen LogP contribution is 2.38. The predicted molar refractivity (Wildman–Crippen MR) is 142 cm³/mol. The van der Waals surface area contributed by atoms with Crippen LogP contribution in [0.2, 0.25) is 0 Å². The molecule has 36 heavy (non-hydrogen) atoms. The normalized spacial score (nSPS) is 14.1. The van der Waals surface area contributed by atoms with Crippen molar-refractivity contribution in [3.63, 3.8) is 0 Å². The van der Waals surface area contributed by atoms with Gasteiger partial charge in [-0.2, -0.15) is 5.26 Å². The van der Waals surface area contributed by atoms with Crippen LogP contribution in [0.5, 0.6) is 11.5 Å². The summed E-state index contributed by atoms with van der Waals surface area (Å²) in [7, 11) is 0. The quantitative estimate of drug-likeness (QED) is 0.244. The minimum Gasteiger partial charge on any atom is -0.490 e. The van der Waals surface area contributed by atoms with E-state index in [1.807, 2.05) is 43.3 Å². The summed E-state index contributed by atoms with van der Waals surface area (Å²) < 4.78 is 13.3. The molecule has 0 unspecified atom stereocenters. The van der Waals surface area contributed by atoms with E-state index < -0.39 is 11.9 Å². The van der Waals surface area contributed by atoms with Crippen molar-refractivity contribution in [1.82, 2.24) is 10.2 Å². The molecule has 9 heteroatoms. The lowest BCUT2D eigenvalue weighted by Crippen LogP contribution is -2.30. The van der Waals surface area contributed by atoms with Crippen molar-refractivity contribution in [3.05, 3.63) is 97.6 Å². The van der Waals surface area contributed by atoms with Gasteiger partial charge in [-0.05, 0) is 70.4 Å². The number of nitrogens with zero attached hydrogens (tertiary/aromatic N) is 2. The van der Waals surface area contributed by atoms with Gasteiger partial charge in [-0.1, -0.05) is 46.3 Å². The van der Waals surface area contributed by atoms with E-state index in [1.165, 1.54) is 0 Å². The Kier molecular flexibility index (Phi) is 8.08. The Labute approximate surface area is 225 Å². The maximum atomic E-state index is 12.9. The second kappa shape index (κ2) is 11.4. The molecule has 0 aliphatic carbocycles. The average Bonchev–Trinajstić information content (AvgIpc) is 3.12. The van der Waals surface area contributed by atoms with Crippen LogP contribution in [0.25, 0.3) is 6.08 Å². The van der Waals surface area contributed by atoms with Gasteiger partial charge in [0.05, 0.1) is 29.3 Å². The highest BCUT2D eigenvalue weighted by molar-refractivity contribution is 9.10. The van der Waals surface area contributed by atoms with Gasteiger partial charge in [-0.3, -0.25) is 9.69 Å². The van der Waals surface area contributed by atoms with E-state index in [4.69, 9.17) is 9.47 Å². The van der Waals surface area contributed by atoms with Gasteiger partial charge < -0.3 is 14.8 Å². The van der Waals surface area contributed by atoms with Crippen molar-refractivity contribution >= 4 is 49.9 Å². The Balaban J connectivity index is 1.56. The zero-order valence-electron chi connectivity index (χ0n) is 19.3. The fourth-order valence-electron chi connectivity index (χ4n) is 3.63. The third kappa shape index (κ3) is 5.78. The largest absolute Gasteiger partial charge is 0.490 e. The molecule has 0 radical (unpaired) electrons. The summed E-state index contributed by atoms with van der Waals surface area (Å²) in [6.07, 6.45) is 1.60. The van der Waals surface area contributed by atoms with Crippen molar-refractivity contribution in [2.24, 2.45) is 0 Å². The highest BCUT2D eigenvalue weighted by Gasteiger charge is 2.33. The molecule has 0 spiro atoms. The first-order valence-corrected chi connectivity index (χ1v) is 12.6. The number of nitriles is 1. The lowest BCUT2D eigenvalue weighted by Gasteiger charge is -2.15. The summed E-state index contributed by atoms with van der Waals surface area (Å²) >= 11 is 6.91. The van der Waals surface area contributed by atoms with E-state index in [-0.39, 0.29) is 18.8 Å². The van der Waals surface area contributed by atoms with Gasteiger partial charge in [0.1, 0.15) is 12.3 Å². The number of nitrogens with one attached hydrogen (secondary N) is 1. The lowest BCUT2D eigenvalue weighted by atomic mass is 10.1. The third-order valence-corrected chi connectivity index (χ3v) is 6.49. The number of imide groups is 1. The van der Waals surface area contributed by atoms with Crippen LogP contribution < -0.4 is 14.8 Å². The Bertz CT molecular complexity index is 1380. The number of urea groups is 1. The number of carbonyl (C=O) groups excluding carboxylic acids is 2. The monoisotopic (exact) mass is 609 g/mol. The molecule has 0 saturated carbocycles. The Morgan fingerprint density at radius 3 is 2.53 bits per heavy atom. The van der Waals surface area contributed by atoms with Gasteiger partial charge >= 0.3 is 6.03 Å². The molecule has 1 N–H and O–H groups in total. The van der Waals surface area contributed by atoms with Gasteiger partial charge in [0.25, 0.3) is 5.91 Å². The predicted octanol–water partition coefficient (Wildman–Crippen LogP) is 6.15. The van der Waals surface area contributed by atoms with Crippen LogP contribution in [0.1, 0.15) is 29.2 Å². The SMILES string of the molecule is CCOc1cc(C=C2NC(=O)N(Cc3ccc(Br)cc3)C2=O)cc(Br)c1OCc1ccccc1C#N. The van der Waals surface area contributed by atoms with Gasteiger partial charge in [0, 0.05) is 10.0 Å². The van der Waals surface area contributed by atoms with E-state index in [0.29, 0.717) is 33.7 Å². The Hall–Kier alpha value is -3.61. The molecule has 1 saturated heterocycles. The fourth-order valence-corrected chi connectivity index (χ4v) is 4.47. The van der Waals surface area contributed by atoms with E-state index >= 15 is 0 Å². The number of hydrogen-bond acceptors (Lipinski definition) is 5. The van der Waals surface area contributed by atoms with Crippen LogP contribution in [-0.2, 0) is 17.9 Å². The maximum absolute atomic E-state index is 12.9. The Morgan fingerprint density at radius 1 is 1.06 bits per heavy atom. The van der Waals surface area contributed by atoms with Crippen LogP contribution in [-0.4, -0.2) is 23.4 Å². The molecule has 7 nitrogen and oxygen atoms in total. The molecule has 3 aromatic rings. The zero-order valence-corrected chi connectivity index (χ0v) is 22.4. The summed E-state index contributed by atoms with van der Waals surface area (Å²) in [4.78, 5) is 26.6. The van der Waals surface area contributed by atoms with Crippen molar-refractivity contribution < 1.29 is 19.1 Å². The molecule has 1 heterocycles. The van der Waals surface area contributed by atoms with Gasteiger partial charge in [-0.25, -0.2) is 4.79 Å².